The van der Waals surface area contributed by atoms with Crippen molar-refractivity contribution in [1.82, 2.24) is 25.5 Å². The molecule has 2 amide bonds. The van der Waals surface area contributed by atoms with Gasteiger partial charge in [-0.3, -0.25) is 9.59 Å². The Hall–Kier alpha value is -3.26. The Morgan fingerprint density at radius 1 is 1.07 bits per heavy atom. The third-order valence-electron chi connectivity index (χ3n) is 4.18. The Morgan fingerprint density at radius 3 is 2.64 bits per heavy atom. The molecule has 0 saturated heterocycles. The van der Waals surface area contributed by atoms with Gasteiger partial charge in [0.15, 0.2) is 0 Å². The van der Waals surface area contributed by atoms with Crippen LogP contribution in [0.1, 0.15) is 11.1 Å². The van der Waals surface area contributed by atoms with Gasteiger partial charge in [-0.05, 0) is 48.4 Å². The van der Waals surface area contributed by atoms with E-state index in [1.165, 1.54) is 0 Å². The molecule has 28 heavy (non-hydrogen) atoms. The van der Waals surface area contributed by atoms with Gasteiger partial charge in [0, 0.05) is 11.3 Å². The van der Waals surface area contributed by atoms with E-state index in [4.69, 9.17) is 11.6 Å². The van der Waals surface area contributed by atoms with Gasteiger partial charge < -0.3 is 10.6 Å². The van der Waals surface area contributed by atoms with Crippen LogP contribution < -0.4 is 10.6 Å². The van der Waals surface area contributed by atoms with Gasteiger partial charge in [-0.2, -0.15) is 4.80 Å². The first-order valence-corrected chi connectivity index (χ1v) is 8.97. The van der Waals surface area contributed by atoms with E-state index < -0.39 is 5.91 Å². The highest BCUT2D eigenvalue weighted by atomic mass is 35.5. The highest BCUT2D eigenvalue weighted by molar-refractivity contribution is 6.33. The minimum atomic E-state index is -0.403. The quantitative estimate of drug-likeness (QED) is 0.663. The number of amides is 2. The molecule has 1 heterocycles. The average Bonchev–Trinajstić information content (AvgIpc) is 3.12. The molecule has 0 aliphatic carbocycles. The standard InChI is InChI=1S/C19H19ClN6O2/c1-12-6-5-9-16(13(12)2)22-17(27)10-21-18(28)11-26-24-19(23-25-26)14-7-3-4-8-15(14)20/h3-9H,10-11H2,1-2H3,(H,21,28)(H,22,27). The Morgan fingerprint density at radius 2 is 1.86 bits per heavy atom. The van der Waals surface area contributed by atoms with Crippen LogP contribution in [0.4, 0.5) is 5.69 Å². The number of hydrogen-bond acceptors (Lipinski definition) is 5. The summed E-state index contributed by atoms with van der Waals surface area (Å²) < 4.78 is 0. The number of tetrazole rings is 1. The summed E-state index contributed by atoms with van der Waals surface area (Å²) in [6.45, 7) is 3.58. The Balaban J connectivity index is 1.53. The zero-order valence-electron chi connectivity index (χ0n) is 15.4. The van der Waals surface area contributed by atoms with Crippen LogP contribution in [-0.2, 0) is 16.1 Å². The van der Waals surface area contributed by atoms with E-state index in [0.717, 1.165) is 21.6 Å². The molecule has 144 valence electrons. The molecule has 0 atom stereocenters. The number of rotatable bonds is 6. The minimum absolute atomic E-state index is 0.154. The summed E-state index contributed by atoms with van der Waals surface area (Å²) in [6, 6.07) is 12.7. The second kappa shape index (κ2) is 8.62. The molecule has 9 heteroatoms. The number of hydrogen-bond donors (Lipinski definition) is 2. The van der Waals surface area contributed by atoms with E-state index in [2.05, 4.69) is 26.0 Å². The summed E-state index contributed by atoms with van der Waals surface area (Å²) in [5.41, 5.74) is 3.42. The summed E-state index contributed by atoms with van der Waals surface area (Å²) in [7, 11) is 0. The fourth-order valence-corrected chi connectivity index (χ4v) is 2.72. The number of carbonyl (C=O) groups is 2. The van der Waals surface area contributed by atoms with Crippen molar-refractivity contribution in [2.24, 2.45) is 0 Å². The lowest BCUT2D eigenvalue weighted by Gasteiger charge is -2.10. The predicted octanol–water partition coefficient (Wildman–Crippen LogP) is 2.37. The fourth-order valence-electron chi connectivity index (χ4n) is 2.50. The molecule has 0 spiro atoms. The molecule has 3 aromatic rings. The first-order valence-electron chi connectivity index (χ1n) is 8.59. The van der Waals surface area contributed by atoms with Gasteiger partial charge in [-0.25, -0.2) is 0 Å². The molecule has 0 saturated carbocycles. The van der Waals surface area contributed by atoms with Crippen molar-refractivity contribution in [3.8, 4) is 11.4 Å². The van der Waals surface area contributed by atoms with E-state index in [1.54, 1.807) is 18.2 Å². The molecule has 2 aromatic carbocycles. The summed E-state index contributed by atoms with van der Waals surface area (Å²) >= 11 is 6.10. The highest BCUT2D eigenvalue weighted by Crippen LogP contribution is 2.23. The third-order valence-corrected chi connectivity index (χ3v) is 4.51. The van der Waals surface area contributed by atoms with Crippen molar-refractivity contribution >= 4 is 29.1 Å². The van der Waals surface area contributed by atoms with Crippen LogP contribution in [-0.4, -0.2) is 38.6 Å². The lowest BCUT2D eigenvalue weighted by Crippen LogP contribution is -2.35. The zero-order valence-corrected chi connectivity index (χ0v) is 16.2. The van der Waals surface area contributed by atoms with Crippen LogP contribution in [0.2, 0.25) is 5.02 Å². The molecule has 3 rings (SSSR count). The number of nitrogens with zero attached hydrogens (tertiary/aromatic N) is 4. The summed E-state index contributed by atoms with van der Waals surface area (Å²) in [4.78, 5) is 25.3. The van der Waals surface area contributed by atoms with Crippen LogP contribution >= 0.6 is 11.6 Å². The SMILES string of the molecule is Cc1cccc(NC(=O)CNC(=O)Cn2nnc(-c3ccccc3Cl)n2)c1C. The maximum absolute atomic E-state index is 12.1. The zero-order chi connectivity index (χ0) is 20.1. The topological polar surface area (TPSA) is 102 Å². The molecule has 0 radical (unpaired) electrons. The van der Waals surface area contributed by atoms with Gasteiger partial charge >= 0.3 is 0 Å². The number of halogens is 1. The van der Waals surface area contributed by atoms with Crippen molar-refractivity contribution in [3.63, 3.8) is 0 Å². The van der Waals surface area contributed by atoms with E-state index in [0.29, 0.717) is 16.4 Å². The van der Waals surface area contributed by atoms with Gasteiger partial charge in [0.2, 0.25) is 17.6 Å². The van der Waals surface area contributed by atoms with Gasteiger partial charge in [0.05, 0.1) is 11.6 Å². The number of aromatic nitrogens is 4. The number of benzene rings is 2. The number of nitrogens with one attached hydrogen (secondary N) is 2. The lowest BCUT2D eigenvalue weighted by molar-refractivity contribution is -0.124. The van der Waals surface area contributed by atoms with Gasteiger partial charge in [-0.15, -0.1) is 10.2 Å². The Bertz CT molecular complexity index is 1020. The Labute approximate surface area is 166 Å². The molecule has 2 N–H and O–H groups in total. The smallest absolute Gasteiger partial charge is 0.244 e. The predicted molar refractivity (Wildman–Crippen MR) is 106 cm³/mol. The normalized spacial score (nSPS) is 10.5. The highest BCUT2D eigenvalue weighted by Gasteiger charge is 2.13. The summed E-state index contributed by atoms with van der Waals surface area (Å²) in [5.74, 6) is -0.393. The maximum atomic E-state index is 12.1. The van der Waals surface area contributed by atoms with Gasteiger partial charge in [0.1, 0.15) is 6.54 Å². The van der Waals surface area contributed by atoms with E-state index in [-0.39, 0.29) is 19.0 Å². The molecule has 0 aliphatic rings. The van der Waals surface area contributed by atoms with Crippen molar-refractivity contribution in [2.45, 2.75) is 20.4 Å². The second-order valence-corrected chi connectivity index (χ2v) is 6.60. The number of carbonyl (C=O) groups excluding carboxylic acids is 2. The van der Waals surface area contributed by atoms with Crippen molar-refractivity contribution in [3.05, 3.63) is 58.6 Å². The van der Waals surface area contributed by atoms with Crippen LogP contribution in [0.5, 0.6) is 0 Å². The molecule has 1 aromatic heterocycles. The van der Waals surface area contributed by atoms with Gasteiger partial charge in [-0.1, -0.05) is 35.9 Å². The summed E-state index contributed by atoms with van der Waals surface area (Å²) in [5, 5.41) is 17.7. The molecule has 0 aliphatic heterocycles. The van der Waals surface area contributed by atoms with Crippen molar-refractivity contribution in [2.75, 3.05) is 11.9 Å². The van der Waals surface area contributed by atoms with Crippen LogP contribution in [0, 0.1) is 13.8 Å². The lowest BCUT2D eigenvalue weighted by atomic mass is 10.1. The van der Waals surface area contributed by atoms with Gasteiger partial charge in [0.25, 0.3) is 0 Å². The van der Waals surface area contributed by atoms with E-state index >= 15 is 0 Å². The van der Waals surface area contributed by atoms with Crippen LogP contribution in [0.15, 0.2) is 42.5 Å². The molecule has 8 nitrogen and oxygen atoms in total. The van der Waals surface area contributed by atoms with E-state index in [1.807, 2.05) is 38.1 Å². The monoisotopic (exact) mass is 398 g/mol. The summed E-state index contributed by atoms with van der Waals surface area (Å²) in [6.07, 6.45) is 0. The maximum Gasteiger partial charge on any atom is 0.244 e. The minimum Gasteiger partial charge on any atom is -0.345 e. The van der Waals surface area contributed by atoms with E-state index in [9.17, 15) is 9.59 Å². The third kappa shape index (κ3) is 4.72. The first-order chi connectivity index (χ1) is 13.4. The molecule has 0 bridgehead atoms. The first kappa shape index (κ1) is 19.5. The Kier molecular flexibility index (Phi) is 6.00. The molecule has 0 unspecified atom stereocenters. The second-order valence-electron chi connectivity index (χ2n) is 6.20. The van der Waals surface area contributed by atoms with Crippen molar-refractivity contribution in [1.29, 1.82) is 0 Å². The number of anilines is 1. The average molecular weight is 399 g/mol. The van der Waals surface area contributed by atoms with Crippen LogP contribution in [0.3, 0.4) is 0 Å². The molecular formula is C19H19ClN6O2. The fraction of sp³-hybridized carbons (Fsp3) is 0.211. The van der Waals surface area contributed by atoms with Crippen molar-refractivity contribution < 1.29 is 9.59 Å². The largest absolute Gasteiger partial charge is 0.345 e. The molecular weight excluding hydrogens is 380 g/mol. The number of aryl methyl sites for hydroxylation is 1. The molecule has 0 fully saturated rings. The van der Waals surface area contributed by atoms with Crippen LogP contribution in [0.25, 0.3) is 11.4 Å².